The lowest BCUT2D eigenvalue weighted by atomic mass is 10.2. The predicted octanol–water partition coefficient (Wildman–Crippen LogP) is 3.77. The van der Waals surface area contributed by atoms with E-state index in [0.29, 0.717) is 21.4 Å². The molecule has 0 spiro atoms. The molecule has 0 aliphatic heterocycles. The maximum absolute atomic E-state index is 11.8. The predicted molar refractivity (Wildman–Crippen MR) is 84.5 cm³/mol. The average Bonchev–Trinajstić information content (AvgIpc) is 2.47. The summed E-state index contributed by atoms with van der Waals surface area (Å²) in [5.74, 6) is 0.241. The average molecular weight is 323 g/mol. The molecule has 1 N–H and O–H groups in total. The number of carbonyl (C=O) groups excluding carboxylic acids is 1. The standard InChI is InChI=1S/C15H12Cl2N2O2/c1-21-14-6-5-10(7-13(14)17)9-18-19-15(20)11-3-2-4-12(16)8-11/h2-9H,1H3,(H,19,20)/b18-9-. The van der Waals surface area contributed by atoms with Gasteiger partial charge >= 0.3 is 0 Å². The number of amides is 1. The van der Waals surface area contributed by atoms with E-state index < -0.39 is 0 Å². The van der Waals surface area contributed by atoms with Gasteiger partial charge in [0.15, 0.2) is 0 Å². The number of ether oxygens (including phenoxy) is 1. The van der Waals surface area contributed by atoms with Crippen molar-refractivity contribution in [2.24, 2.45) is 5.10 Å². The summed E-state index contributed by atoms with van der Waals surface area (Å²) in [5, 5.41) is 4.85. The second-order valence-corrected chi connectivity index (χ2v) is 4.95. The summed E-state index contributed by atoms with van der Waals surface area (Å²) >= 11 is 11.8. The molecule has 0 saturated carbocycles. The van der Waals surface area contributed by atoms with Gasteiger partial charge in [0.05, 0.1) is 18.3 Å². The summed E-state index contributed by atoms with van der Waals surface area (Å²) in [5.41, 5.74) is 3.60. The molecule has 2 aromatic carbocycles. The molecule has 0 unspecified atom stereocenters. The van der Waals surface area contributed by atoms with Gasteiger partial charge in [-0.3, -0.25) is 4.79 Å². The van der Waals surface area contributed by atoms with Crippen molar-refractivity contribution in [3.05, 3.63) is 63.6 Å². The minimum absolute atomic E-state index is 0.339. The van der Waals surface area contributed by atoms with E-state index in [-0.39, 0.29) is 5.91 Å². The molecular formula is C15H12Cl2N2O2. The van der Waals surface area contributed by atoms with Gasteiger partial charge in [-0.25, -0.2) is 5.43 Å². The molecule has 21 heavy (non-hydrogen) atoms. The van der Waals surface area contributed by atoms with Crippen LogP contribution in [0.3, 0.4) is 0 Å². The Bertz CT molecular complexity index is 687. The van der Waals surface area contributed by atoms with Gasteiger partial charge in [0.25, 0.3) is 5.91 Å². The lowest BCUT2D eigenvalue weighted by Gasteiger charge is -2.03. The van der Waals surface area contributed by atoms with Gasteiger partial charge in [-0.05, 0) is 42.0 Å². The Balaban J connectivity index is 2.02. The SMILES string of the molecule is COc1ccc(/C=N\NC(=O)c2cccc(Cl)c2)cc1Cl. The number of rotatable bonds is 4. The van der Waals surface area contributed by atoms with Gasteiger partial charge in [-0.15, -0.1) is 0 Å². The normalized spacial score (nSPS) is 10.6. The first-order chi connectivity index (χ1) is 10.1. The van der Waals surface area contributed by atoms with E-state index in [4.69, 9.17) is 27.9 Å². The van der Waals surface area contributed by atoms with E-state index in [2.05, 4.69) is 10.5 Å². The van der Waals surface area contributed by atoms with Crippen LogP contribution >= 0.6 is 23.2 Å². The fourth-order valence-electron chi connectivity index (χ4n) is 1.62. The summed E-state index contributed by atoms with van der Waals surface area (Å²) in [4.78, 5) is 11.8. The van der Waals surface area contributed by atoms with Crippen LogP contribution < -0.4 is 10.2 Å². The van der Waals surface area contributed by atoms with Crippen LogP contribution in [0.5, 0.6) is 5.75 Å². The van der Waals surface area contributed by atoms with Gasteiger partial charge in [0, 0.05) is 10.6 Å². The van der Waals surface area contributed by atoms with E-state index in [9.17, 15) is 4.79 Å². The Morgan fingerprint density at radius 1 is 1.24 bits per heavy atom. The molecule has 2 rings (SSSR count). The van der Waals surface area contributed by atoms with E-state index in [1.54, 1.807) is 49.6 Å². The quantitative estimate of drug-likeness (QED) is 0.688. The highest BCUT2D eigenvalue weighted by molar-refractivity contribution is 6.32. The van der Waals surface area contributed by atoms with Crippen LogP contribution in [0.1, 0.15) is 15.9 Å². The van der Waals surface area contributed by atoms with Crippen molar-refractivity contribution in [1.82, 2.24) is 5.43 Å². The molecule has 108 valence electrons. The number of hydrogen-bond acceptors (Lipinski definition) is 3. The van der Waals surface area contributed by atoms with E-state index in [0.717, 1.165) is 5.56 Å². The highest BCUT2D eigenvalue weighted by atomic mass is 35.5. The molecule has 4 nitrogen and oxygen atoms in total. The lowest BCUT2D eigenvalue weighted by molar-refractivity contribution is 0.0955. The third-order valence-corrected chi connectivity index (χ3v) is 3.17. The molecule has 2 aromatic rings. The van der Waals surface area contributed by atoms with Crippen molar-refractivity contribution in [2.75, 3.05) is 7.11 Å². The third-order valence-electron chi connectivity index (χ3n) is 2.64. The number of benzene rings is 2. The van der Waals surface area contributed by atoms with Crippen LogP contribution in [0.25, 0.3) is 0 Å². The summed E-state index contributed by atoms with van der Waals surface area (Å²) < 4.78 is 5.05. The molecule has 0 bridgehead atoms. The molecule has 0 heterocycles. The molecular weight excluding hydrogens is 311 g/mol. The summed E-state index contributed by atoms with van der Waals surface area (Å²) in [6.45, 7) is 0. The third kappa shape index (κ3) is 4.21. The maximum atomic E-state index is 11.8. The molecule has 0 aromatic heterocycles. The number of hydrogen-bond donors (Lipinski definition) is 1. The Labute approximate surface area is 132 Å². The molecule has 0 aliphatic rings. The van der Waals surface area contributed by atoms with Crippen molar-refractivity contribution >= 4 is 35.3 Å². The van der Waals surface area contributed by atoms with Crippen LogP contribution in [0.15, 0.2) is 47.6 Å². The minimum Gasteiger partial charge on any atom is -0.495 e. The summed E-state index contributed by atoms with van der Waals surface area (Å²) in [6, 6.07) is 11.8. The number of carbonyl (C=O) groups is 1. The van der Waals surface area contributed by atoms with Gasteiger partial charge in [-0.1, -0.05) is 29.3 Å². The molecule has 0 atom stereocenters. The lowest BCUT2D eigenvalue weighted by Crippen LogP contribution is -2.17. The number of hydrazone groups is 1. The van der Waals surface area contributed by atoms with E-state index >= 15 is 0 Å². The zero-order valence-corrected chi connectivity index (χ0v) is 12.7. The number of halogens is 2. The molecule has 6 heteroatoms. The highest BCUT2D eigenvalue weighted by Gasteiger charge is 2.04. The van der Waals surface area contributed by atoms with Crippen molar-refractivity contribution in [2.45, 2.75) is 0 Å². The minimum atomic E-state index is -0.339. The maximum Gasteiger partial charge on any atom is 0.271 e. The van der Waals surface area contributed by atoms with Gasteiger partial charge in [0.2, 0.25) is 0 Å². The Kier molecular flexibility index (Phi) is 5.20. The molecule has 0 fully saturated rings. The first-order valence-corrected chi connectivity index (χ1v) is 6.78. The van der Waals surface area contributed by atoms with E-state index in [1.165, 1.54) is 6.21 Å². The summed E-state index contributed by atoms with van der Waals surface area (Å²) in [6.07, 6.45) is 1.49. The second kappa shape index (κ2) is 7.11. The first kappa shape index (κ1) is 15.4. The first-order valence-electron chi connectivity index (χ1n) is 6.02. The second-order valence-electron chi connectivity index (χ2n) is 4.10. The van der Waals surface area contributed by atoms with E-state index in [1.807, 2.05) is 0 Å². The van der Waals surface area contributed by atoms with Crippen LogP contribution in [-0.2, 0) is 0 Å². The zero-order valence-electron chi connectivity index (χ0n) is 11.1. The molecule has 0 saturated heterocycles. The van der Waals surface area contributed by atoms with Gasteiger partial charge in [-0.2, -0.15) is 5.10 Å². The Morgan fingerprint density at radius 2 is 2.05 bits per heavy atom. The monoisotopic (exact) mass is 322 g/mol. The fraction of sp³-hybridized carbons (Fsp3) is 0.0667. The van der Waals surface area contributed by atoms with Crippen molar-refractivity contribution in [1.29, 1.82) is 0 Å². The van der Waals surface area contributed by atoms with Crippen LogP contribution in [0, 0.1) is 0 Å². The van der Waals surface area contributed by atoms with Crippen molar-refractivity contribution in [3.8, 4) is 5.75 Å². The van der Waals surface area contributed by atoms with Gasteiger partial charge in [0.1, 0.15) is 5.75 Å². The Hall–Kier alpha value is -2.04. The zero-order chi connectivity index (χ0) is 15.2. The topological polar surface area (TPSA) is 50.7 Å². The highest BCUT2D eigenvalue weighted by Crippen LogP contribution is 2.24. The smallest absolute Gasteiger partial charge is 0.271 e. The van der Waals surface area contributed by atoms with Gasteiger partial charge < -0.3 is 4.74 Å². The van der Waals surface area contributed by atoms with Crippen molar-refractivity contribution < 1.29 is 9.53 Å². The molecule has 0 aliphatic carbocycles. The molecule has 1 amide bonds. The number of nitrogens with zero attached hydrogens (tertiary/aromatic N) is 1. The summed E-state index contributed by atoms with van der Waals surface area (Å²) in [7, 11) is 1.54. The largest absolute Gasteiger partial charge is 0.495 e. The van der Waals surface area contributed by atoms with Crippen LogP contribution in [-0.4, -0.2) is 19.2 Å². The van der Waals surface area contributed by atoms with Crippen molar-refractivity contribution in [3.63, 3.8) is 0 Å². The number of nitrogens with one attached hydrogen (secondary N) is 1. The van der Waals surface area contributed by atoms with Crippen LogP contribution in [0.2, 0.25) is 10.0 Å². The fourth-order valence-corrected chi connectivity index (χ4v) is 2.08. The van der Waals surface area contributed by atoms with Crippen LogP contribution in [0.4, 0.5) is 0 Å². The number of methoxy groups -OCH3 is 1. The molecule has 0 radical (unpaired) electrons. The Morgan fingerprint density at radius 3 is 2.71 bits per heavy atom.